The molecule has 2 rings (SSSR count). The molecule has 0 unspecified atom stereocenters. The summed E-state index contributed by atoms with van der Waals surface area (Å²) < 4.78 is 0. The number of hydrogen-bond acceptors (Lipinski definition) is 2. The average Bonchev–Trinajstić information content (AvgIpc) is 2.55. The summed E-state index contributed by atoms with van der Waals surface area (Å²) in [5.74, 6) is 0.970. The lowest BCUT2D eigenvalue weighted by molar-refractivity contribution is 0.115. The standard InChI is InChI=1S/C11H22N2.3C2H6/c1-10-4-8-13(9-5-10)11-2-6-12-7-3-11;3*1-2/h10-12H,2-9H2,1H3;3*1-2H3. The number of hydrogen-bond donors (Lipinski definition) is 1. The van der Waals surface area contributed by atoms with Crippen LogP contribution in [-0.2, 0) is 0 Å². The van der Waals surface area contributed by atoms with Crippen molar-refractivity contribution in [2.24, 2.45) is 5.92 Å². The molecule has 0 aromatic carbocycles. The topological polar surface area (TPSA) is 15.3 Å². The molecule has 0 spiro atoms. The highest BCUT2D eigenvalue weighted by molar-refractivity contribution is 4.80. The maximum Gasteiger partial charge on any atom is 0.0119 e. The molecule has 0 bridgehead atoms. The average molecular weight is 273 g/mol. The summed E-state index contributed by atoms with van der Waals surface area (Å²) in [5.41, 5.74) is 0. The second kappa shape index (κ2) is 16.0. The first-order chi connectivity index (χ1) is 9.36. The van der Waals surface area contributed by atoms with Crippen LogP contribution in [0.1, 0.15) is 74.1 Å². The number of nitrogens with one attached hydrogen (secondary N) is 1. The van der Waals surface area contributed by atoms with E-state index in [1.165, 1.54) is 51.9 Å². The predicted octanol–water partition coefficient (Wildman–Crippen LogP) is 4.55. The highest BCUT2D eigenvalue weighted by Crippen LogP contribution is 2.21. The third kappa shape index (κ3) is 9.45. The molecule has 0 aliphatic carbocycles. The molecule has 2 aliphatic heterocycles. The second-order valence-electron chi connectivity index (χ2n) is 4.70. The van der Waals surface area contributed by atoms with Gasteiger partial charge < -0.3 is 10.2 Å². The summed E-state index contributed by atoms with van der Waals surface area (Å²) in [5, 5.41) is 3.44. The van der Waals surface area contributed by atoms with Gasteiger partial charge in [0.15, 0.2) is 0 Å². The Bertz CT molecular complexity index is 145. The van der Waals surface area contributed by atoms with E-state index in [1.54, 1.807) is 0 Å². The lowest BCUT2D eigenvalue weighted by Gasteiger charge is -2.38. The molecule has 2 fully saturated rings. The lowest BCUT2D eigenvalue weighted by Crippen LogP contribution is -2.46. The third-order valence-electron chi connectivity index (χ3n) is 3.64. The third-order valence-corrected chi connectivity index (χ3v) is 3.64. The maximum atomic E-state index is 3.44. The van der Waals surface area contributed by atoms with Gasteiger partial charge in [0, 0.05) is 6.04 Å². The highest BCUT2D eigenvalue weighted by Gasteiger charge is 2.24. The Balaban J connectivity index is 0. The number of likely N-dealkylation sites (tertiary alicyclic amines) is 1. The van der Waals surface area contributed by atoms with Crippen LogP contribution in [0, 0.1) is 5.92 Å². The van der Waals surface area contributed by atoms with E-state index in [-0.39, 0.29) is 0 Å². The molecule has 0 atom stereocenters. The molecule has 0 radical (unpaired) electrons. The minimum Gasteiger partial charge on any atom is -0.317 e. The summed E-state index contributed by atoms with van der Waals surface area (Å²) in [6, 6.07) is 0.897. The van der Waals surface area contributed by atoms with Gasteiger partial charge in [0.2, 0.25) is 0 Å². The van der Waals surface area contributed by atoms with Crippen LogP contribution in [0.15, 0.2) is 0 Å². The van der Waals surface area contributed by atoms with E-state index in [0.717, 1.165) is 12.0 Å². The normalized spacial score (nSPS) is 21.0. The van der Waals surface area contributed by atoms with Gasteiger partial charge in [0.05, 0.1) is 0 Å². The van der Waals surface area contributed by atoms with Crippen molar-refractivity contribution in [3.8, 4) is 0 Å². The van der Waals surface area contributed by atoms with Gasteiger partial charge in [-0.3, -0.25) is 0 Å². The molecule has 118 valence electrons. The monoisotopic (exact) mass is 272 g/mol. The van der Waals surface area contributed by atoms with Crippen LogP contribution in [-0.4, -0.2) is 37.1 Å². The van der Waals surface area contributed by atoms with Crippen LogP contribution in [0.2, 0.25) is 0 Å². The summed E-state index contributed by atoms with van der Waals surface area (Å²) in [6.45, 7) is 19.6. The van der Waals surface area contributed by atoms with Crippen molar-refractivity contribution in [3.05, 3.63) is 0 Å². The predicted molar refractivity (Wildman–Crippen MR) is 89.9 cm³/mol. The summed E-state index contributed by atoms with van der Waals surface area (Å²) >= 11 is 0. The fourth-order valence-electron chi connectivity index (χ4n) is 2.57. The van der Waals surface area contributed by atoms with Crippen molar-refractivity contribution in [1.29, 1.82) is 0 Å². The molecule has 0 saturated carbocycles. The molecule has 19 heavy (non-hydrogen) atoms. The van der Waals surface area contributed by atoms with E-state index in [2.05, 4.69) is 17.1 Å². The Morgan fingerprint density at radius 3 is 1.58 bits per heavy atom. The molecule has 0 aromatic heterocycles. The summed E-state index contributed by atoms with van der Waals surface area (Å²) in [4.78, 5) is 2.72. The molecular formula is C17H40N2. The maximum absolute atomic E-state index is 3.44. The van der Waals surface area contributed by atoms with Crippen LogP contribution in [0.25, 0.3) is 0 Å². The molecule has 0 aromatic rings. The van der Waals surface area contributed by atoms with Crippen LogP contribution < -0.4 is 5.32 Å². The molecule has 2 nitrogen and oxygen atoms in total. The molecular weight excluding hydrogens is 232 g/mol. The van der Waals surface area contributed by atoms with E-state index in [0.29, 0.717) is 0 Å². The van der Waals surface area contributed by atoms with Crippen molar-refractivity contribution >= 4 is 0 Å². The zero-order valence-corrected chi connectivity index (χ0v) is 14.8. The van der Waals surface area contributed by atoms with Gasteiger partial charge in [-0.1, -0.05) is 48.5 Å². The fraction of sp³-hybridized carbons (Fsp3) is 1.00. The van der Waals surface area contributed by atoms with Crippen LogP contribution in [0.5, 0.6) is 0 Å². The van der Waals surface area contributed by atoms with E-state index in [1.807, 2.05) is 41.5 Å². The first-order valence-electron chi connectivity index (χ1n) is 8.81. The Hall–Kier alpha value is -0.0800. The van der Waals surface area contributed by atoms with E-state index < -0.39 is 0 Å². The van der Waals surface area contributed by atoms with Gasteiger partial charge in [-0.25, -0.2) is 0 Å². The molecule has 2 saturated heterocycles. The van der Waals surface area contributed by atoms with Crippen LogP contribution in [0.3, 0.4) is 0 Å². The first kappa shape index (κ1) is 21.2. The van der Waals surface area contributed by atoms with Crippen molar-refractivity contribution < 1.29 is 0 Å². The van der Waals surface area contributed by atoms with Crippen LogP contribution >= 0.6 is 0 Å². The molecule has 2 heterocycles. The molecule has 0 amide bonds. The van der Waals surface area contributed by atoms with Gasteiger partial charge in [-0.05, 0) is 57.8 Å². The Labute approximate surface area is 123 Å². The lowest BCUT2D eigenvalue weighted by atomic mass is 9.95. The quantitative estimate of drug-likeness (QED) is 0.753. The largest absolute Gasteiger partial charge is 0.317 e. The molecule has 2 aliphatic rings. The second-order valence-corrected chi connectivity index (χ2v) is 4.70. The van der Waals surface area contributed by atoms with Gasteiger partial charge in [-0.2, -0.15) is 0 Å². The van der Waals surface area contributed by atoms with E-state index in [9.17, 15) is 0 Å². The van der Waals surface area contributed by atoms with Crippen molar-refractivity contribution in [2.75, 3.05) is 26.2 Å². The van der Waals surface area contributed by atoms with Crippen molar-refractivity contribution in [2.45, 2.75) is 80.2 Å². The van der Waals surface area contributed by atoms with Gasteiger partial charge >= 0.3 is 0 Å². The SMILES string of the molecule is CC.CC.CC.CC1CCN(C2CCNCC2)CC1. The Morgan fingerprint density at radius 2 is 1.16 bits per heavy atom. The summed E-state index contributed by atoms with van der Waals surface area (Å²) in [7, 11) is 0. The molecule has 2 heteroatoms. The van der Waals surface area contributed by atoms with E-state index in [4.69, 9.17) is 0 Å². The highest BCUT2D eigenvalue weighted by atomic mass is 15.2. The molecule has 1 N–H and O–H groups in total. The number of rotatable bonds is 1. The first-order valence-corrected chi connectivity index (χ1v) is 8.81. The van der Waals surface area contributed by atoms with Gasteiger partial charge in [0.1, 0.15) is 0 Å². The zero-order chi connectivity index (χ0) is 15.1. The Morgan fingerprint density at radius 1 is 0.737 bits per heavy atom. The number of piperidine rings is 2. The minimum absolute atomic E-state index is 0.897. The van der Waals surface area contributed by atoms with Crippen molar-refractivity contribution in [3.63, 3.8) is 0 Å². The van der Waals surface area contributed by atoms with Gasteiger partial charge in [-0.15, -0.1) is 0 Å². The van der Waals surface area contributed by atoms with E-state index >= 15 is 0 Å². The fourth-order valence-corrected chi connectivity index (χ4v) is 2.57. The van der Waals surface area contributed by atoms with Crippen molar-refractivity contribution in [1.82, 2.24) is 10.2 Å². The zero-order valence-electron chi connectivity index (χ0n) is 14.8. The number of nitrogens with zero attached hydrogens (tertiary/aromatic N) is 1. The van der Waals surface area contributed by atoms with Crippen LogP contribution in [0.4, 0.5) is 0 Å². The smallest absolute Gasteiger partial charge is 0.0119 e. The Kier molecular flexibility index (Phi) is 17.8. The minimum atomic E-state index is 0.897. The van der Waals surface area contributed by atoms with Gasteiger partial charge in [0.25, 0.3) is 0 Å². The summed E-state index contributed by atoms with van der Waals surface area (Å²) in [6.07, 6.45) is 5.58.